The molecule has 0 saturated carbocycles. The molecule has 0 spiro atoms. The molecule has 0 unspecified atom stereocenters. The summed E-state index contributed by atoms with van der Waals surface area (Å²) in [4.78, 5) is 11.3. The molecule has 0 aromatic heterocycles. The highest BCUT2D eigenvalue weighted by atomic mass is 79.9. The number of benzene rings is 1. The monoisotopic (exact) mass is 340 g/mol. The Kier molecular flexibility index (Phi) is 6.14. The molecular formula is C12H12BrF3O3. The lowest BCUT2D eigenvalue weighted by Gasteiger charge is -2.12. The fraction of sp³-hybridized carbons (Fsp3) is 0.417. The number of alkyl halides is 3. The lowest BCUT2D eigenvalue weighted by molar-refractivity contribution is -0.142. The predicted molar refractivity (Wildman–Crippen MR) is 66.0 cm³/mol. The van der Waals surface area contributed by atoms with Crippen molar-refractivity contribution in [1.82, 2.24) is 0 Å². The molecule has 3 nitrogen and oxygen atoms in total. The molecule has 0 aliphatic carbocycles. The lowest BCUT2D eigenvalue weighted by Crippen LogP contribution is -2.11. The van der Waals surface area contributed by atoms with E-state index in [2.05, 4.69) is 25.4 Å². The molecule has 0 atom stereocenters. The smallest absolute Gasteiger partial charge is 0.387 e. The third kappa shape index (κ3) is 4.74. The summed E-state index contributed by atoms with van der Waals surface area (Å²) in [6, 6.07) is 2.15. The summed E-state index contributed by atoms with van der Waals surface area (Å²) in [5, 5.41) is 0.151. The van der Waals surface area contributed by atoms with E-state index in [-0.39, 0.29) is 35.2 Å². The number of hydrogen-bond donors (Lipinski definition) is 0. The van der Waals surface area contributed by atoms with Crippen LogP contribution in [0.1, 0.15) is 18.1 Å². The summed E-state index contributed by atoms with van der Waals surface area (Å²) in [5.74, 6) is -1.45. The highest BCUT2D eigenvalue weighted by Gasteiger charge is 2.17. The van der Waals surface area contributed by atoms with Crippen LogP contribution in [0.25, 0.3) is 0 Å². The second-order valence-corrected chi connectivity index (χ2v) is 4.11. The molecule has 0 aliphatic rings. The predicted octanol–water partition coefficient (Wildman–Crippen LogP) is 3.43. The van der Waals surface area contributed by atoms with E-state index < -0.39 is 18.4 Å². The summed E-state index contributed by atoms with van der Waals surface area (Å²) < 4.78 is 47.1. The molecule has 0 radical (unpaired) electrons. The van der Waals surface area contributed by atoms with Crippen molar-refractivity contribution in [2.24, 2.45) is 0 Å². The maximum Gasteiger partial charge on any atom is 0.387 e. The van der Waals surface area contributed by atoms with E-state index in [0.29, 0.717) is 0 Å². The van der Waals surface area contributed by atoms with Crippen molar-refractivity contribution in [3.05, 3.63) is 29.1 Å². The first-order valence-corrected chi connectivity index (χ1v) is 6.57. The Labute approximate surface area is 116 Å². The Morgan fingerprint density at radius 2 is 2.05 bits per heavy atom. The van der Waals surface area contributed by atoms with Crippen LogP contribution in [0.5, 0.6) is 5.75 Å². The zero-order valence-corrected chi connectivity index (χ0v) is 11.7. The summed E-state index contributed by atoms with van der Waals surface area (Å²) in [6.07, 6.45) is -0.324. The molecule has 0 aliphatic heterocycles. The van der Waals surface area contributed by atoms with Gasteiger partial charge in [-0.1, -0.05) is 15.9 Å². The van der Waals surface area contributed by atoms with E-state index in [1.54, 1.807) is 6.92 Å². The molecule has 1 rings (SSSR count). The first kappa shape index (κ1) is 15.8. The van der Waals surface area contributed by atoms with Crippen molar-refractivity contribution in [2.45, 2.75) is 25.3 Å². The van der Waals surface area contributed by atoms with Gasteiger partial charge in [0.05, 0.1) is 13.0 Å². The van der Waals surface area contributed by atoms with Crippen molar-refractivity contribution in [3.63, 3.8) is 0 Å². The maximum absolute atomic E-state index is 13.6. The van der Waals surface area contributed by atoms with Gasteiger partial charge >= 0.3 is 12.6 Å². The molecule has 0 bridgehead atoms. The van der Waals surface area contributed by atoms with Gasteiger partial charge in [-0.3, -0.25) is 4.79 Å². The Morgan fingerprint density at radius 3 is 2.58 bits per heavy atom. The van der Waals surface area contributed by atoms with E-state index in [0.717, 1.165) is 12.1 Å². The van der Waals surface area contributed by atoms with Crippen LogP contribution in [0, 0.1) is 5.82 Å². The van der Waals surface area contributed by atoms with Gasteiger partial charge in [-0.05, 0) is 19.1 Å². The van der Waals surface area contributed by atoms with Gasteiger partial charge < -0.3 is 9.47 Å². The summed E-state index contributed by atoms with van der Waals surface area (Å²) in [6.45, 7) is -1.27. The maximum atomic E-state index is 13.6. The molecule has 1 aromatic rings. The topological polar surface area (TPSA) is 35.5 Å². The number of carbonyl (C=O) groups is 1. The Balaban J connectivity index is 3.05. The second kappa shape index (κ2) is 7.37. The average molecular weight is 341 g/mol. The van der Waals surface area contributed by atoms with Crippen LogP contribution in [-0.4, -0.2) is 19.2 Å². The van der Waals surface area contributed by atoms with Gasteiger partial charge in [0.25, 0.3) is 0 Å². The molecule has 0 fully saturated rings. The van der Waals surface area contributed by atoms with Crippen molar-refractivity contribution < 1.29 is 27.4 Å². The second-order valence-electron chi connectivity index (χ2n) is 3.55. The number of ether oxygens (including phenoxy) is 2. The molecular weight excluding hydrogens is 329 g/mol. The van der Waals surface area contributed by atoms with Crippen molar-refractivity contribution >= 4 is 21.9 Å². The van der Waals surface area contributed by atoms with Crippen LogP contribution in [0.4, 0.5) is 13.2 Å². The van der Waals surface area contributed by atoms with Crippen molar-refractivity contribution in [1.29, 1.82) is 0 Å². The molecule has 7 heteroatoms. The molecule has 0 amide bonds. The van der Waals surface area contributed by atoms with Crippen molar-refractivity contribution in [3.8, 4) is 5.75 Å². The molecule has 106 valence electrons. The molecule has 0 N–H and O–H groups in total. The van der Waals surface area contributed by atoms with E-state index >= 15 is 0 Å². The van der Waals surface area contributed by atoms with Crippen molar-refractivity contribution in [2.75, 3.05) is 6.61 Å². The number of halogens is 4. The number of hydrogen-bond acceptors (Lipinski definition) is 3. The Bertz CT molecular complexity index is 452. The summed E-state index contributed by atoms with van der Waals surface area (Å²) in [7, 11) is 0. The minimum absolute atomic E-state index is 0.0287. The van der Waals surface area contributed by atoms with Gasteiger partial charge in [0.2, 0.25) is 0 Å². The zero-order valence-electron chi connectivity index (χ0n) is 10.1. The highest BCUT2D eigenvalue weighted by molar-refractivity contribution is 9.08. The Hall–Kier alpha value is -1.24. The molecule has 1 aromatic carbocycles. The van der Waals surface area contributed by atoms with E-state index in [9.17, 15) is 18.0 Å². The van der Waals surface area contributed by atoms with Gasteiger partial charge in [0.1, 0.15) is 11.6 Å². The standard InChI is InChI=1S/C12H12BrF3O3/c1-2-18-11(17)5-7-3-9(14)8(6-13)4-10(7)19-12(15)16/h3-4,12H,2,5-6H2,1H3. The average Bonchev–Trinajstić information content (AvgIpc) is 2.32. The van der Waals surface area contributed by atoms with Crippen LogP contribution >= 0.6 is 15.9 Å². The third-order valence-electron chi connectivity index (χ3n) is 2.23. The SMILES string of the molecule is CCOC(=O)Cc1cc(F)c(CBr)cc1OC(F)F. The van der Waals surface area contributed by atoms with Crippen LogP contribution < -0.4 is 4.74 Å². The molecule has 19 heavy (non-hydrogen) atoms. The third-order valence-corrected chi connectivity index (χ3v) is 2.83. The quantitative estimate of drug-likeness (QED) is 0.588. The van der Waals surface area contributed by atoms with Gasteiger partial charge in [-0.2, -0.15) is 8.78 Å². The Morgan fingerprint density at radius 1 is 1.37 bits per heavy atom. The van der Waals surface area contributed by atoms with Crippen LogP contribution in [0.3, 0.4) is 0 Å². The van der Waals surface area contributed by atoms with E-state index in [1.165, 1.54) is 0 Å². The van der Waals surface area contributed by atoms with E-state index in [1.807, 2.05) is 0 Å². The zero-order chi connectivity index (χ0) is 14.4. The van der Waals surface area contributed by atoms with Crippen LogP contribution in [0.15, 0.2) is 12.1 Å². The molecule has 0 saturated heterocycles. The fourth-order valence-electron chi connectivity index (χ4n) is 1.45. The highest BCUT2D eigenvalue weighted by Crippen LogP contribution is 2.27. The normalized spacial score (nSPS) is 10.6. The fourth-order valence-corrected chi connectivity index (χ4v) is 1.88. The first-order valence-electron chi connectivity index (χ1n) is 5.45. The minimum Gasteiger partial charge on any atom is -0.466 e. The van der Waals surface area contributed by atoms with Gasteiger partial charge in [-0.15, -0.1) is 0 Å². The van der Waals surface area contributed by atoms with Gasteiger partial charge in [0.15, 0.2) is 0 Å². The number of esters is 1. The lowest BCUT2D eigenvalue weighted by atomic mass is 10.1. The van der Waals surface area contributed by atoms with E-state index in [4.69, 9.17) is 0 Å². The summed E-state index contributed by atoms with van der Waals surface area (Å²) >= 11 is 3.03. The number of carbonyl (C=O) groups excluding carboxylic acids is 1. The van der Waals surface area contributed by atoms with Crippen LogP contribution in [-0.2, 0) is 21.3 Å². The summed E-state index contributed by atoms with van der Waals surface area (Å²) in [5.41, 5.74) is 0.198. The molecule has 0 heterocycles. The van der Waals surface area contributed by atoms with Gasteiger partial charge in [-0.25, -0.2) is 4.39 Å². The first-order chi connectivity index (χ1) is 8.97. The largest absolute Gasteiger partial charge is 0.466 e. The minimum atomic E-state index is -3.05. The van der Waals surface area contributed by atoms with Crippen LogP contribution in [0.2, 0.25) is 0 Å². The number of rotatable bonds is 6. The van der Waals surface area contributed by atoms with Gasteiger partial charge in [0, 0.05) is 16.5 Å².